The van der Waals surface area contributed by atoms with Gasteiger partial charge in [-0.05, 0) is 18.9 Å². The van der Waals surface area contributed by atoms with Gasteiger partial charge in [0.2, 0.25) is 0 Å². The summed E-state index contributed by atoms with van der Waals surface area (Å²) in [6.45, 7) is 5.22. The summed E-state index contributed by atoms with van der Waals surface area (Å²) >= 11 is 0. The highest BCUT2D eigenvalue weighted by Crippen LogP contribution is 2.17. The molecule has 0 aliphatic heterocycles. The van der Waals surface area contributed by atoms with Crippen LogP contribution in [0.15, 0.2) is 18.2 Å². The highest BCUT2D eigenvalue weighted by Gasteiger charge is 2.17. The van der Waals surface area contributed by atoms with Gasteiger partial charge in [0.15, 0.2) is 0 Å². The molecular formula is C15H24FN3O. The van der Waals surface area contributed by atoms with Crippen molar-refractivity contribution in [2.24, 2.45) is 5.73 Å². The monoisotopic (exact) mass is 281 g/mol. The summed E-state index contributed by atoms with van der Waals surface area (Å²) in [5.74, 6) is -0.491. The molecule has 0 saturated heterocycles. The molecule has 0 aliphatic carbocycles. The van der Waals surface area contributed by atoms with Gasteiger partial charge in [-0.25, -0.2) is 4.39 Å². The standard InChI is InChI=1S/C15H24FN3O/c1-3-13(4-2)19(7-8-20)10-12-6-5-11(15(17)18)9-14(12)16/h5-6,9,13,20H,3-4,7-8,10H2,1-2H3,(H3,17,18). The number of aliphatic hydroxyl groups is 1. The molecule has 1 aromatic rings. The van der Waals surface area contributed by atoms with E-state index >= 15 is 0 Å². The molecule has 0 radical (unpaired) electrons. The zero-order chi connectivity index (χ0) is 15.1. The number of rotatable bonds is 8. The van der Waals surface area contributed by atoms with Crippen LogP contribution in [0.1, 0.15) is 37.8 Å². The lowest BCUT2D eigenvalue weighted by molar-refractivity contribution is 0.135. The first kappa shape index (κ1) is 16.6. The highest BCUT2D eigenvalue weighted by atomic mass is 19.1. The number of nitrogens with two attached hydrogens (primary N) is 1. The molecule has 1 rings (SSSR count). The average Bonchev–Trinajstić information content (AvgIpc) is 2.42. The third kappa shape index (κ3) is 4.28. The molecule has 0 aromatic heterocycles. The van der Waals surface area contributed by atoms with Crippen molar-refractivity contribution >= 4 is 5.84 Å². The van der Waals surface area contributed by atoms with Crippen molar-refractivity contribution in [1.29, 1.82) is 5.41 Å². The maximum atomic E-state index is 14.0. The molecule has 4 N–H and O–H groups in total. The van der Waals surface area contributed by atoms with Crippen molar-refractivity contribution < 1.29 is 9.50 Å². The number of hydrogen-bond acceptors (Lipinski definition) is 3. The minimum absolute atomic E-state index is 0.0592. The topological polar surface area (TPSA) is 73.3 Å². The van der Waals surface area contributed by atoms with E-state index in [2.05, 4.69) is 18.7 Å². The number of amidine groups is 1. The van der Waals surface area contributed by atoms with Gasteiger partial charge in [0.25, 0.3) is 0 Å². The van der Waals surface area contributed by atoms with Gasteiger partial charge in [-0.15, -0.1) is 0 Å². The molecule has 0 heterocycles. The number of nitrogen functional groups attached to an aromatic ring is 1. The van der Waals surface area contributed by atoms with Gasteiger partial charge in [-0.3, -0.25) is 10.3 Å². The molecule has 0 saturated carbocycles. The fourth-order valence-electron chi connectivity index (χ4n) is 2.39. The molecule has 0 aliphatic rings. The third-order valence-electron chi connectivity index (χ3n) is 3.58. The van der Waals surface area contributed by atoms with Crippen molar-refractivity contribution in [3.05, 3.63) is 35.1 Å². The highest BCUT2D eigenvalue weighted by molar-refractivity contribution is 5.94. The molecule has 0 atom stereocenters. The molecule has 5 heteroatoms. The van der Waals surface area contributed by atoms with Crippen LogP contribution in [0.3, 0.4) is 0 Å². The Bertz CT molecular complexity index is 447. The molecule has 1 aromatic carbocycles. The molecule has 0 amide bonds. The van der Waals surface area contributed by atoms with Crippen LogP contribution in [0, 0.1) is 11.2 Å². The number of halogens is 1. The lowest BCUT2D eigenvalue weighted by Crippen LogP contribution is -2.36. The Kier molecular flexibility index (Phi) is 6.61. The summed E-state index contributed by atoms with van der Waals surface area (Å²) in [4.78, 5) is 2.09. The van der Waals surface area contributed by atoms with Crippen LogP contribution in [-0.2, 0) is 6.54 Å². The fraction of sp³-hybridized carbons (Fsp3) is 0.533. The lowest BCUT2D eigenvalue weighted by Gasteiger charge is -2.30. The molecule has 112 valence electrons. The van der Waals surface area contributed by atoms with Crippen molar-refractivity contribution in [2.45, 2.75) is 39.3 Å². The average molecular weight is 281 g/mol. The molecule has 0 fully saturated rings. The summed E-state index contributed by atoms with van der Waals surface area (Å²) in [5.41, 5.74) is 6.30. The first-order valence-electron chi connectivity index (χ1n) is 7.01. The van der Waals surface area contributed by atoms with Gasteiger partial charge in [0.05, 0.1) is 6.61 Å². The zero-order valence-electron chi connectivity index (χ0n) is 12.2. The Morgan fingerprint density at radius 2 is 2.05 bits per heavy atom. The minimum atomic E-state index is -0.355. The second-order valence-corrected chi connectivity index (χ2v) is 4.88. The van der Waals surface area contributed by atoms with E-state index in [9.17, 15) is 4.39 Å². The normalized spacial score (nSPS) is 11.3. The molecule has 0 spiro atoms. The van der Waals surface area contributed by atoms with E-state index in [0.29, 0.717) is 30.3 Å². The van der Waals surface area contributed by atoms with Crippen LogP contribution in [0.4, 0.5) is 4.39 Å². The predicted octanol–water partition coefficient (Wildman–Crippen LogP) is 2.09. The lowest BCUT2D eigenvalue weighted by atomic mass is 10.1. The number of nitrogens with one attached hydrogen (secondary N) is 1. The molecule has 20 heavy (non-hydrogen) atoms. The van der Waals surface area contributed by atoms with E-state index in [4.69, 9.17) is 16.2 Å². The van der Waals surface area contributed by atoms with Crippen molar-refractivity contribution in [1.82, 2.24) is 4.90 Å². The first-order valence-corrected chi connectivity index (χ1v) is 7.01. The largest absolute Gasteiger partial charge is 0.395 e. The van der Waals surface area contributed by atoms with E-state index < -0.39 is 0 Å². The predicted molar refractivity (Wildman–Crippen MR) is 79.3 cm³/mol. The van der Waals surface area contributed by atoms with Gasteiger partial charge >= 0.3 is 0 Å². The van der Waals surface area contributed by atoms with Crippen LogP contribution < -0.4 is 5.73 Å². The van der Waals surface area contributed by atoms with Gasteiger partial charge < -0.3 is 10.8 Å². The summed E-state index contributed by atoms with van der Waals surface area (Å²) in [7, 11) is 0. The van der Waals surface area contributed by atoms with E-state index in [1.165, 1.54) is 6.07 Å². The van der Waals surface area contributed by atoms with Crippen LogP contribution in [0.2, 0.25) is 0 Å². The van der Waals surface area contributed by atoms with Crippen molar-refractivity contribution in [3.63, 3.8) is 0 Å². The summed E-state index contributed by atoms with van der Waals surface area (Å²) < 4.78 is 14.0. The molecular weight excluding hydrogens is 257 g/mol. The van der Waals surface area contributed by atoms with Crippen LogP contribution in [0.5, 0.6) is 0 Å². The third-order valence-corrected chi connectivity index (χ3v) is 3.58. The quantitative estimate of drug-likeness (QED) is 0.504. The maximum Gasteiger partial charge on any atom is 0.128 e. The molecule has 0 bridgehead atoms. The Labute approximate surface area is 119 Å². The van der Waals surface area contributed by atoms with Crippen molar-refractivity contribution in [2.75, 3.05) is 13.2 Å². The summed E-state index contributed by atoms with van der Waals surface area (Å²) in [6.07, 6.45) is 1.92. The SMILES string of the molecule is CCC(CC)N(CCO)Cc1ccc(C(=N)N)cc1F. The molecule has 0 unspecified atom stereocenters. The number of nitrogens with zero attached hydrogens (tertiary/aromatic N) is 1. The van der Waals surface area contributed by atoms with Gasteiger partial charge in [0.1, 0.15) is 11.7 Å². The van der Waals surface area contributed by atoms with E-state index in [-0.39, 0.29) is 18.3 Å². The van der Waals surface area contributed by atoms with Gasteiger partial charge in [-0.2, -0.15) is 0 Å². The second kappa shape index (κ2) is 7.97. The van der Waals surface area contributed by atoms with E-state index in [1.807, 2.05) is 0 Å². The van der Waals surface area contributed by atoms with Crippen LogP contribution >= 0.6 is 0 Å². The Balaban J connectivity index is 2.90. The molecule has 4 nitrogen and oxygen atoms in total. The fourth-order valence-corrected chi connectivity index (χ4v) is 2.39. The van der Waals surface area contributed by atoms with Crippen LogP contribution in [-0.4, -0.2) is 35.0 Å². The Morgan fingerprint density at radius 3 is 2.50 bits per heavy atom. The number of benzene rings is 1. The second-order valence-electron chi connectivity index (χ2n) is 4.88. The zero-order valence-corrected chi connectivity index (χ0v) is 12.2. The van der Waals surface area contributed by atoms with E-state index in [0.717, 1.165) is 12.8 Å². The van der Waals surface area contributed by atoms with Crippen LogP contribution in [0.25, 0.3) is 0 Å². The first-order chi connectivity index (χ1) is 9.53. The van der Waals surface area contributed by atoms with E-state index in [1.54, 1.807) is 12.1 Å². The smallest absolute Gasteiger partial charge is 0.128 e. The summed E-state index contributed by atoms with van der Waals surface area (Å²) in [5, 5.41) is 16.5. The Morgan fingerprint density at radius 1 is 1.40 bits per heavy atom. The van der Waals surface area contributed by atoms with Gasteiger partial charge in [0, 0.05) is 30.3 Å². The summed E-state index contributed by atoms with van der Waals surface area (Å²) in [6, 6.07) is 4.94. The minimum Gasteiger partial charge on any atom is -0.395 e. The van der Waals surface area contributed by atoms with Crippen molar-refractivity contribution in [3.8, 4) is 0 Å². The Hall–Kier alpha value is -1.46. The number of aliphatic hydroxyl groups excluding tert-OH is 1. The number of hydrogen-bond donors (Lipinski definition) is 3. The maximum absolute atomic E-state index is 14.0. The van der Waals surface area contributed by atoms with Gasteiger partial charge in [-0.1, -0.05) is 26.0 Å².